The van der Waals surface area contributed by atoms with Crippen LogP contribution in [0, 0.1) is 5.92 Å². The van der Waals surface area contributed by atoms with Crippen LogP contribution in [-0.2, 0) is 4.79 Å². The summed E-state index contributed by atoms with van der Waals surface area (Å²) in [6.07, 6.45) is 3.58. The Balaban J connectivity index is 1.47. The molecule has 4 nitrogen and oxygen atoms in total. The van der Waals surface area contributed by atoms with E-state index in [1.54, 1.807) is 6.20 Å². The maximum atomic E-state index is 13.2. The lowest BCUT2D eigenvalue weighted by molar-refractivity contribution is -0.119. The van der Waals surface area contributed by atoms with Crippen molar-refractivity contribution in [1.29, 1.82) is 0 Å². The zero-order valence-corrected chi connectivity index (χ0v) is 15.4. The number of nitrogens with zero attached hydrogens (tertiary/aromatic N) is 1. The van der Waals surface area contributed by atoms with Crippen molar-refractivity contribution in [1.82, 2.24) is 10.3 Å². The molecule has 4 aromatic rings. The SMILES string of the molecule is O=C(Nc1cccc2cnccc12)[C@H]1CNCC1c1cccc2ccccc12. The summed E-state index contributed by atoms with van der Waals surface area (Å²) in [5.74, 6) is 0.109. The van der Waals surface area contributed by atoms with Gasteiger partial charge in [-0.05, 0) is 28.5 Å². The second-order valence-corrected chi connectivity index (χ2v) is 7.33. The Labute approximate surface area is 163 Å². The Bertz CT molecular complexity index is 1160. The molecule has 1 amide bonds. The number of fused-ring (bicyclic) bond motifs is 2. The number of anilines is 1. The van der Waals surface area contributed by atoms with E-state index in [1.807, 2.05) is 30.5 Å². The van der Waals surface area contributed by atoms with Gasteiger partial charge in [-0.3, -0.25) is 9.78 Å². The van der Waals surface area contributed by atoms with E-state index in [1.165, 1.54) is 16.3 Å². The molecule has 4 heteroatoms. The number of benzene rings is 3. The molecule has 3 aromatic carbocycles. The van der Waals surface area contributed by atoms with E-state index in [-0.39, 0.29) is 17.7 Å². The van der Waals surface area contributed by atoms with Gasteiger partial charge in [0.15, 0.2) is 0 Å². The van der Waals surface area contributed by atoms with Crippen molar-refractivity contribution in [2.75, 3.05) is 18.4 Å². The first kappa shape index (κ1) is 16.9. The molecule has 1 unspecified atom stereocenters. The first-order chi connectivity index (χ1) is 13.8. The van der Waals surface area contributed by atoms with Crippen molar-refractivity contribution in [2.45, 2.75) is 5.92 Å². The smallest absolute Gasteiger partial charge is 0.229 e. The quantitative estimate of drug-likeness (QED) is 0.567. The molecule has 138 valence electrons. The van der Waals surface area contributed by atoms with Gasteiger partial charge in [-0.2, -0.15) is 0 Å². The van der Waals surface area contributed by atoms with Crippen LogP contribution in [0.1, 0.15) is 11.5 Å². The van der Waals surface area contributed by atoms with Crippen molar-refractivity contribution in [3.05, 3.63) is 84.7 Å². The highest BCUT2D eigenvalue weighted by molar-refractivity contribution is 6.03. The number of aromatic nitrogens is 1. The zero-order chi connectivity index (χ0) is 18.9. The van der Waals surface area contributed by atoms with Gasteiger partial charge in [-0.1, -0.05) is 54.6 Å². The number of hydrogen-bond acceptors (Lipinski definition) is 3. The van der Waals surface area contributed by atoms with Gasteiger partial charge in [0.2, 0.25) is 5.91 Å². The van der Waals surface area contributed by atoms with Crippen LogP contribution < -0.4 is 10.6 Å². The Morgan fingerprint density at radius 2 is 1.71 bits per heavy atom. The van der Waals surface area contributed by atoms with Crippen molar-refractivity contribution < 1.29 is 4.79 Å². The van der Waals surface area contributed by atoms with Crippen LogP contribution in [0.25, 0.3) is 21.5 Å². The first-order valence-electron chi connectivity index (χ1n) is 9.63. The summed E-state index contributed by atoms with van der Waals surface area (Å²) in [7, 11) is 0. The second kappa shape index (κ2) is 7.06. The summed E-state index contributed by atoms with van der Waals surface area (Å²) in [5.41, 5.74) is 2.08. The molecule has 0 saturated carbocycles. The summed E-state index contributed by atoms with van der Waals surface area (Å²) < 4.78 is 0. The minimum absolute atomic E-state index is 0.0623. The maximum absolute atomic E-state index is 13.2. The molecule has 0 radical (unpaired) electrons. The lowest BCUT2D eigenvalue weighted by Gasteiger charge is -2.20. The minimum atomic E-state index is -0.108. The van der Waals surface area contributed by atoms with Gasteiger partial charge >= 0.3 is 0 Å². The average Bonchev–Trinajstić information content (AvgIpc) is 3.23. The van der Waals surface area contributed by atoms with Gasteiger partial charge in [-0.25, -0.2) is 0 Å². The van der Waals surface area contributed by atoms with E-state index in [4.69, 9.17) is 0 Å². The van der Waals surface area contributed by atoms with Gasteiger partial charge in [0.1, 0.15) is 0 Å². The highest BCUT2D eigenvalue weighted by Gasteiger charge is 2.34. The van der Waals surface area contributed by atoms with Crippen LogP contribution in [0.15, 0.2) is 79.1 Å². The Morgan fingerprint density at radius 1 is 0.893 bits per heavy atom. The molecular weight excluding hydrogens is 346 g/mol. The lowest BCUT2D eigenvalue weighted by atomic mass is 9.85. The van der Waals surface area contributed by atoms with Crippen LogP contribution in [0.2, 0.25) is 0 Å². The number of pyridine rings is 1. The predicted octanol–water partition coefficient (Wildman–Crippen LogP) is 4.33. The van der Waals surface area contributed by atoms with Crippen LogP contribution in [-0.4, -0.2) is 24.0 Å². The van der Waals surface area contributed by atoms with Crippen LogP contribution in [0.5, 0.6) is 0 Å². The summed E-state index contributed by atoms with van der Waals surface area (Å²) in [5, 5.41) is 11.1. The van der Waals surface area contributed by atoms with Gasteiger partial charge < -0.3 is 10.6 Å². The van der Waals surface area contributed by atoms with E-state index in [0.717, 1.165) is 23.0 Å². The van der Waals surface area contributed by atoms with Crippen molar-refractivity contribution in [2.24, 2.45) is 5.92 Å². The summed E-state index contributed by atoms with van der Waals surface area (Å²) in [6.45, 7) is 1.50. The number of hydrogen-bond donors (Lipinski definition) is 2. The first-order valence-corrected chi connectivity index (χ1v) is 9.63. The number of carbonyl (C=O) groups excluding carboxylic acids is 1. The molecule has 0 spiro atoms. The molecule has 1 fully saturated rings. The molecular formula is C24H21N3O. The largest absolute Gasteiger partial charge is 0.325 e. The third-order valence-electron chi connectivity index (χ3n) is 5.71. The summed E-state index contributed by atoms with van der Waals surface area (Å²) in [4.78, 5) is 17.4. The Morgan fingerprint density at radius 3 is 2.68 bits per heavy atom. The lowest BCUT2D eigenvalue weighted by Crippen LogP contribution is -2.28. The van der Waals surface area contributed by atoms with E-state index in [2.05, 4.69) is 58.1 Å². The number of rotatable bonds is 3. The topological polar surface area (TPSA) is 54.0 Å². The summed E-state index contributed by atoms with van der Waals surface area (Å²) in [6, 6.07) is 22.6. The average molecular weight is 367 g/mol. The van der Waals surface area contributed by atoms with Crippen molar-refractivity contribution >= 4 is 33.1 Å². The second-order valence-electron chi connectivity index (χ2n) is 7.33. The Hall–Kier alpha value is -3.24. The zero-order valence-electron chi connectivity index (χ0n) is 15.4. The van der Waals surface area contributed by atoms with E-state index < -0.39 is 0 Å². The molecule has 28 heavy (non-hydrogen) atoms. The standard InChI is InChI=1S/C24H21N3O/c28-24(27-23-10-4-7-17-13-25-12-11-19(17)23)22-15-26-14-21(22)20-9-3-6-16-5-1-2-8-18(16)20/h1-13,21-22,26H,14-15H2,(H,27,28)/t21?,22-/m0/s1. The van der Waals surface area contributed by atoms with Crippen LogP contribution in [0.3, 0.4) is 0 Å². The number of carbonyl (C=O) groups is 1. The predicted molar refractivity (Wildman–Crippen MR) is 113 cm³/mol. The fourth-order valence-electron chi connectivity index (χ4n) is 4.31. The maximum Gasteiger partial charge on any atom is 0.229 e. The monoisotopic (exact) mass is 367 g/mol. The fraction of sp³-hybridized carbons (Fsp3) is 0.167. The van der Waals surface area contributed by atoms with Crippen molar-refractivity contribution in [3.63, 3.8) is 0 Å². The molecule has 2 N–H and O–H groups in total. The molecule has 1 saturated heterocycles. The van der Waals surface area contributed by atoms with E-state index in [9.17, 15) is 4.79 Å². The molecule has 1 aliphatic rings. The molecule has 2 atom stereocenters. The van der Waals surface area contributed by atoms with Gasteiger partial charge in [-0.15, -0.1) is 0 Å². The molecule has 5 rings (SSSR count). The fourth-order valence-corrected chi connectivity index (χ4v) is 4.31. The Kier molecular flexibility index (Phi) is 4.26. The molecule has 1 aromatic heterocycles. The molecule has 0 aliphatic carbocycles. The van der Waals surface area contributed by atoms with Crippen LogP contribution in [0.4, 0.5) is 5.69 Å². The highest BCUT2D eigenvalue weighted by Crippen LogP contribution is 2.34. The van der Waals surface area contributed by atoms with Crippen molar-refractivity contribution in [3.8, 4) is 0 Å². The molecule has 1 aliphatic heterocycles. The summed E-state index contributed by atoms with van der Waals surface area (Å²) >= 11 is 0. The van der Waals surface area contributed by atoms with E-state index >= 15 is 0 Å². The van der Waals surface area contributed by atoms with Gasteiger partial charge in [0.05, 0.1) is 5.92 Å². The molecule has 0 bridgehead atoms. The van der Waals surface area contributed by atoms with Gasteiger partial charge in [0, 0.05) is 47.9 Å². The van der Waals surface area contributed by atoms with Crippen LogP contribution >= 0.6 is 0 Å². The normalized spacial score (nSPS) is 19.1. The van der Waals surface area contributed by atoms with Gasteiger partial charge in [0.25, 0.3) is 0 Å². The third-order valence-corrected chi connectivity index (χ3v) is 5.71. The minimum Gasteiger partial charge on any atom is -0.325 e. The number of amides is 1. The third kappa shape index (κ3) is 2.92. The highest BCUT2D eigenvalue weighted by atomic mass is 16.1. The molecule has 2 heterocycles. The van der Waals surface area contributed by atoms with E-state index in [0.29, 0.717) is 6.54 Å². The number of nitrogens with one attached hydrogen (secondary N) is 2.